The zero-order valence-corrected chi connectivity index (χ0v) is 16.1. The summed E-state index contributed by atoms with van der Waals surface area (Å²) in [6.07, 6.45) is 4.11. The number of carbonyl (C=O) groups is 2. The number of ketones is 1. The number of nitrogens with one attached hydrogen (secondary N) is 2. The number of hydrogen-bond acceptors (Lipinski definition) is 3. The highest BCUT2D eigenvalue weighted by Gasteiger charge is 2.21. The smallest absolute Gasteiger partial charge is 0.319 e. The molecule has 1 saturated heterocycles. The van der Waals surface area contributed by atoms with E-state index in [1.54, 1.807) is 0 Å². The van der Waals surface area contributed by atoms with E-state index >= 15 is 0 Å². The molecule has 2 aromatic rings. The molecule has 0 radical (unpaired) electrons. The SMILES string of the molecule is O=C1NCc2cc(C(=O)CCN3CCC(Cc4ccccc4)CC3)ccc2N1. The maximum atomic E-state index is 12.6. The number of anilines is 1. The Hall–Kier alpha value is -2.66. The summed E-state index contributed by atoms with van der Waals surface area (Å²) in [6, 6.07) is 16.1. The largest absolute Gasteiger partial charge is 0.334 e. The maximum Gasteiger partial charge on any atom is 0.319 e. The molecule has 0 atom stereocenters. The predicted octanol–water partition coefficient (Wildman–Crippen LogP) is 3.85. The van der Waals surface area contributed by atoms with Crippen LogP contribution in [0.2, 0.25) is 0 Å². The molecule has 2 aromatic carbocycles. The quantitative estimate of drug-likeness (QED) is 0.752. The summed E-state index contributed by atoms with van der Waals surface area (Å²) in [6.45, 7) is 3.44. The molecule has 0 spiro atoms. The first kappa shape index (κ1) is 18.7. The molecule has 5 heteroatoms. The highest BCUT2D eigenvalue weighted by atomic mass is 16.2. The van der Waals surface area contributed by atoms with Gasteiger partial charge in [0.15, 0.2) is 5.78 Å². The van der Waals surface area contributed by atoms with Crippen molar-refractivity contribution in [1.82, 2.24) is 10.2 Å². The van der Waals surface area contributed by atoms with E-state index in [9.17, 15) is 9.59 Å². The number of fused-ring (bicyclic) bond motifs is 1. The Morgan fingerprint density at radius 3 is 2.64 bits per heavy atom. The normalized spacial score (nSPS) is 17.5. The summed E-state index contributed by atoms with van der Waals surface area (Å²) in [5, 5.41) is 5.50. The van der Waals surface area contributed by atoms with Crippen LogP contribution < -0.4 is 10.6 Å². The van der Waals surface area contributed by atoms with Crippen LogP contribution in [-0.2, 0) is 13.0 Å². The van der Waals surface area contributed by atoms with E-state index in [4.69, 9.17) is 0 Å². The summed E-state index contributed by atoms with van der Waals surface area (Å²) in [5.74, 6) is 0.920. The topological polar surface area (TPSA) is 61.4 Å². The van der Waals surface area contributed by atoms with Crippen molar-refractivity contribution in [3.05, 3.63) is 65.2 Å². The molecule has 1 fully saturated rings. The van der Waals surface area contributed by atoms with E-state index in [2.05, 4.69) is 45.9 Å². The number of benzene rings is 2. The van der Waals surface area contributed by atoms with Gasteiger partial charge in [-0.05, 0) is 67.6 Å². The number of carbonyl (C=O) groups excluding carboxylic acids is 2. The first-order valence-electron chi connectivity index (χ1n) is 10.1. The van der Waals surface area contributed by atoms with Crippen LogP contribution in [0.1, 0.15) is 40.7 Å². The predicted molar refractivity (Wildman–Crippen MR) is 111 cm³/mol. The van der Waals surface area contributed by atoms with Crippen LogP contribution in [0.25, 0.3) is 0 Å². The van der Waals surface area contributed by atoms with Gasteiger partial charge in [0.1, 0.15) is 0 Å². The van der Waals surface area contributed by atoms with Crippen LogP contribution in [-0.4, -0.2) is 36.3 Å². The fraction of sp³-hybridized carbons (Fsp3) is 0.391. The van der Waals surface area contributed by atoms with Crippen molar-refractivity contribution in [2.24, 2.45) is 5.92 Å². The fourth-order valence-electron chi connectivity index (χ4n) is 4.14. The Labute approximate surface area is 166 Å². The van der Waals surface area contributed by atoms with Gasteiger partial charge in [-0.3, -0.25) is 4.79 Å². The number of nitrogens with zero attached hydrogens (tertiary/aromatic N) is 1. The second-order valence-corrected chi connectivity index (χ2v) is 7.83. The van der Waals surface area contributed by atoms with Crippen molar-refractivity contribution < 1.29 is 9.59 Å². The number of amides is 2. The first-order chi connectivity index (χ1) is 13.7. The third-order valence-electron chi connectivity index (χ3n) is 5.84. The number of hydrogen-bond donors (Lipinski definition) is 2. The van der Waals surface area contributed by atoms with E-state index in [1.807, 2.05) is 18.2 Å². The lowest BCUT2D eigenvalue weighted by Gasteiger charge is -2.31. The molecule has 0 aliphatic carbocycles. The van der Waals surface area contributed by atoms with Crippen molar-refractivity contribution in [3.8, 4) is 0 Å². The molecule has 0 saturated carbocycles. The van der Waals surface area contributed by atoms with Crippen LogP contribution in [0.15, 0.2) is 48.5 Å². The minimum atomic E-state index is -0.192. The van der Waals surface area contributed by atoms with Gasteiger partial charge in [-0.1, -0.05) is 30.3 Å². The van der Waals surface area contributed by atoms with Crippen molar-refractivity contribution in [2.45, 2.75) is 32.2 Å². The van der Waals surface area contributed by atoms with Gasteiger partial charge >= 0.3 is 6.03 Å². The van der Waals surface area contributed by atoms with Crippen LogP contribution in [0.4, 0.5) is 10.5 Å². The molecular formula is C23H27N3O2. The molecule has 0 aromatic heterocycles. The third-order valence-corrected chi connectivity index (χ3v) is 5.84. The van der Waals surface area contributed by atoms with Crippen LogP contribution >= 0.6 is 0 Å². The van der Waals surface area contributed by atoms with Crippen molar-refractivity contribution in [3.63, 3.8) is 0 Å². The summed E-state index contributed by atoms with van der Waals surface area (Å²) in [7, 11) is 0. The van der Waals surface area contributed by atoms with Gasteiger partial charge in [-0.25, -0.2) is 4.79 Å². The van der Waals surface area contributed by atoms with Crippen LogP contribution in [0.3, 0.4) is 0 Å². The van der Waals surface area contributed by atoms with E-state index < -0.39 is 0 Å². The van der Waals surface area contributed by atoms with Gasteiger partial charge in [-0.2, -0.15) is 0 Å². The molecule has 28 heavy (non-hydrogen) atoms. The van der Waals surface area contributed by atoms with Gasteiger partial charge in [-0.15, -0.1) is 0 Å². The monoisotopic (exact) mass is 377 g/mol. The number of likely N-dealkylation sites (tertiary alicyclic amines) is 1. The number of urea groups is 1. The van der Waals surface area contributed by atoms with Gasteiger partial charge in [0.05, 0.1) is 0 Å². The lowest BCUT2D eigenvalue weighted by atomic mass is 9.90. The zero-order chi connectivity index (χ0) is 19.3. The molecule has 4 rings (SSSR count). The average molecular weight is 377 g/mol. The zero-order valence-electron chi connectivity index (χ0n) is 16.1. The Bertz CT molecular complexity index is 842. The Balaban J connectivity index is 1.24. The summed E-state index contributed by atoms with van der Waals surface area (Å²) >= 11 is 0. The van der Waals surface area contributed by atoms with Crippen LogP contribution in [0.5, 0.6) is 0 Å². The van der Waals surface area contributed by atoms with Gasteiger partial charge in [0, 0.05) is 30.8 Å². The number of Topliss-reactive ketones (excluding diaryl/α,β-unsaturated/α-hetero) is 1. The highest BCUT2D eigenvalue weighted by Crippen LogP contribution is 2.23. The Morgan fingerprint density at radius 1 is 1.07 bits per heavy atom. The first-order valence-corrected chi connectivity index (χ1v) is 10.1. The molecule has 5 nitrogen and oxygen atoms in total. The van der Waals surface area contributed by atoms with Crippen molar-refractivity contribution >= 4 is 17.5 Å². The highest BCUT2D eigenvalue weighted by molar-refractivity contribution is 5.98. The number of rotatable bonds is 6. The van der Waals surface area contributed by atoms with Gasteiger partial charge in [0.2, 0.25) is 0 Å². The molecular weight excluding hydrogens is 350 g/mol. The summed E-state index contributed by atoms with van der Waals surface area (Å²) < 4.78 is 0. The lowest BCUT2D eigenvalue weighted by Crippen LogP contribution is -2.35. The maximum absolute atomic E-state index is 12.6. The minimum Gasteiger partial charge on any atom is -0.334 e. The molecule has 0 bridgehead atoms. The molecule has 2 heterocycles. The fourth-order valence-corrected chi connectivity index (χ4v) is 4.14. The molecule has 2 aliphatic rings. The Kier molecular flexibility index (Phi) is 5.72. The molecule has 2 amide bonds. The minimum absolute atomic E-state index is 0.172. The Morgan fingerprint density at radius 2 is 1.86 bits per heavy atom. The van der Waals surface area contributed by atoms with Gasteiger partial charge < -0.3 is 15.5 Å². The average Bonchev–Trinajstić information content (AvgIpc) is 2.73. The van der Waals surface area contributed by atoms with E-state index in [0.717, 1.165) is 48.8 Å². The number of piperidine rings is 1. The molecule has 146 valence electrons. The summed E-state index contributed by atoms with van der Waals surface area (Å²) in [5.41, 5.74) is 3.91. The molecule has 2 aliphatic heterocycles. The van der Waals surface area contributed by atoms with E-state index in [1.165, 1.54) is 18.4 Å². The standard InChI is InChI=1S/C23H27N3O2/c27-22(19-6-7-21-20(15-19)16-24-23(28)25-21)10-13-26-11-8-18(9-12-26)14-17-4-2-1-3-5-17/h1-7,15,18H,8-14,16H2,(H2,24,25,28). The third kappa shape index (κ3) is 4.60. The van der Waals surface area contributed by atoms with E-state index in [0.29, 0.717) is 13.0 Å². The van der Waals surface area contributed by atoms with Crippen molar-refractivity contribution in [2.75, 3.05) is 25.0 Å². The van der Waals surface area contributed by atoms with Crippen LogP contribution in [0, 0.1) is 5.92 Å². The molecule has 0 unspecified atom stereocenters. The summed E-state index contributed by atoms with van der Waals surface area (Å²) in [4.78, 5) is 26.4. The molecule has 2 N–H and O–H groups in total. The lowest BCUT2D eigenvalue weighted by molar-refractivity contribution is 0.0951. The second-order valence-electron chi connectivity index (χ2n) is 7.83. The second kappa shape index (κ2) is 8.57. The van der Waals surface area contributed by atoms with E-state index in [-0.39, 0.29) is 11.8 Å². The van der Waals surface area contributed by atoms with Crippen molar-refractivity contribution in [1.29, 1.82) is 0 Å². The van der Waals surface area contributed by atoms with Gasteiger partial charge in [0.25, 0.3) is 0 Å².